The van der Waals surface area contributed by atoms with Gasteiger partial charge in [-0.1, -0.05) is 18.5 Å². The fourth-order valence-electron chi connectivity index (χ4n) is 2.12. The monoisotopic (exact) mass is 249 g/mol. The normalized spacial score (nSPS) is 13.4. The fraction of sp³-hybridized carbons (Fsp3) is 0.500. The van der Waals surface area contributed by atoms with Crippen LogP contribution in [-0.2, 0) is 0 Å². The lowest BCUT2D eigenvalue weighted by molar-refractivity contribution is 0.318. The van der Waals surface area contributed by atoms with Gasteiger partial charge in [-0.3, -0.25) is 0 Å². The second-order valence-corrected chi connectivity index (χ2v) is 4.74. The molecule has 18 heavy (non-hydrogen) atoms. The summed E-state index contributed by atoms with van der Waals surface area (Å²) in [5.41, 5.74) is 8.64. The first-order chi connectivity index (χ1) is 8.51. The van der Waals surface area contributed by atoms with Crippen molar-refractivity contribution in [1.82, 2.24) is 0 Å². The number of nitrogens with zero attached hydrogens (tertiary/aromatic N) is 2. The van der Waals surface area contributed by atoms with Crippen molar-refractivity contribution >= 4 is 11.5 Å². The Morgan fingerprint density at radius 3 is 2.67 bits per heavy atom. The summed E-state index contributed by atoms with van der Waals surface area (Å²) in [6.45, 7) is 6.46. The molecular formula is C14H23N3O. The molecule has 0 saturated heterocycles. The van der Waals surface area contributed by atoms with E-state index in [4.69, 9.17) is 10.9 Å². The molecule has 1 aromatic carbocycles. The molecule has 0 saturated carbocycles. The van der Waals surface area contributed by atoms with Crippen LogP contribution < -0.4 is 10.6 Å². The Morgan fingerprint density at radius 1 is 1.50 bits per heavy atom. The van der Waals surface area contributed by atoms with Crippen LogP contribution in [-0.4, -0.2) is 24.1 Å². The summed E-state index contributed by atoms with van der Waals surface area (Å²) in [5.74, 6) is 0.147. The maximum Gasteiger partial charge on any atom is 0.170 e. The van der Waals surface area contributed by atoms with Gasteiger partial charge in [0.1, 0.15) is 0 Å². The van der Waals surface area contributed by atoms with Crippen LogP contribution in [0.15, 0.2) is 23.4 Å². The molecule has 0 aliphatic heterocycles. The predicted molar refractivity (Wildman–Crippen MR) is 76.5 cm³/mol. The van der Waals surface area contributed by atoms with Gasteiger partial charge in [0.05, 0.1) is 0 Å². The molecule has 1 unspecified atom stereocenters. The van der Waals surface area contributed by atoms with Crippen LogP contribution >= 0.6 is 0 Å². The van der Waals surface area contributed by atoms with Gasteiger partial charge in [-0.25, -0.2) is 0 Å². The number of nitrogens with two attached hydrogens (primary N) is 1. The van der Waals surface area contributed by atoms with Crippen LogP contribution in [0.4, 0.5) is 5.69 Å². The van der Waals surface area contributed by atoms with Crippen molar-refractivity contribution in [3.63, 3.8) is 0 Å². The summed E-state index contributed by atoms with van der Waals surface area (Å²) in [6.07, 6.45) is 2.34. The molecule has 4 heteroatoms. The molecular weight excluding hydrogens is 226 g/mol. The third-order valence-electron chi connectivity index (χ3n) is 3.35. The molecule has 0 aliphatic rings. The van der Waals surface area contributed by atoms with E-state index >= 15 is 0 Å². The molecule has 0 aliphatic carbocycles. The third kappa shape index (κ3) is 3.15. The van der Waals surface area contributed by atoms with Crippen molar-refractivity contribution in [3.8, 4) is 0 Å². The van der Waals surface area contributed by atoms with Gasteiger partial charge in [-0.15, -0.1) is 0 Å². The molecule has 1 rings (SSSR count). The van der Waals surface area contributed by atoms with Gasteiger partial charge >= 0.3 is 0 Å². The van der Waals surface area contributed by atoms with E-state index in [1.807, 2.05) is 25.1 Å². The van der Waals surface area contributed by atoms with Crippen LogP contribution in [0, 0.1) is 6.92 Å². The smallest absolute Gasteiger partial charge is 0.170 e. The van der Waals surface area contributed by atoms with Gasteiger partial charge in [0.25, 0.3) is 0 Å². The molecule has 100 valence electrons. The minimum Gasteiger partial charge on any atom is -0.409 e. The van der Waals surface area contributed by atoms with Crippen molar-refractivity contribution < 1.29 is 5.21 Å². The zero-order valence-electron chi connectivity index (χ0n) is 11.6. The van der Waals surface area contributed by atoms with Crippen LogP contribution in [0.25, 0.3) is 0 Å². The van der Waals surface area contributed by atoms with E-state index < -0.39 is 0 Å². The Morgan fingerprint density at radius 2 is 2.17 bits per heavy atom. The largest absolute Gasteiger partial charge is 0.409 e. The quantitative estimate of drug-likeness (QED) is 0.365. The van der Waals surface area contributed by atoms with E-state index in [1.54, 1.807) is 0 Å². The van der Waals surface area contributed by atoms with Crippen molar-refractivity contribution in [3.05, 3.63) is 29.3 Å². The highest BCUT2D eigenvalue weighted by Gasteiger charge is 2.12. The van der Waals surface area contributed by atoms with Gasteiger partial charge in [0.2, 0.25) is 0 Å². The van der Waals surface area contributed by atoms with Crippen molar-refractivity contribution in [1.29, 1.82) is 0 Å². The molecule has 0 spiro atoms. The van der Waals surface area contributed by atoms with Crippen molar-refractivity contribution in [2.45, 2.75) is 39.7 Å². The summed E-state index contributed by atoms with van der Waals surface area (Å²) in [5, 5.41) is 11.7. The number of rotatable bonds is 5. The lowest BCUT2D eigenvalue weighted by atomic mass is 10.1. The van der Waals surface area contributed by atoms with Crippen LogP contribution in [0.1, 0.15) is 37.8 Å². The number of hydrogen-bond acceptors (Lipinski definition) is 3. The number of aryl methyl sites for hydroxylation is 1. The summed E-state index contributed by atoms with van der Waals surface area (Å²) < 4.78 is 0. The van der Waals surface area contributed by atoms with Gasteiger partial charge in [-0.05, 0) is 44.0 Å². The first-order valence-corrected chi connectivity index (χ1v) is 6.32. The zero-order chi connectivity index (χ0) is 13.7. The number of benzene rings is 1. The van der Waals surface area contributed by atoms with Crippen molar-refractivity contribution in [2.24, 2.45) is 10.9 Å². The number of amidine groups is 1. The number of oxime groups is 1. The SMILES string of the molecule is CCCC(C)N(C)c1ccc(/C(N)=N/O)cc1C. The van der Waals surface area contributed by atoms with E-state index in [2.05, 4.69) is 31.0 Å². The third-order valence-corrected chi connectivity index (χ3v) is 3.35. The lowest BCUT2D eigenvalue weighted by Crippen LogP contribution is -2.29. The van der Waals surface area contributed by atoms with Crippen LogP contribution in [0.2, 0.25) is 0 Å². The summed E-state index contributed by atoms with van der Waals surface area (Å²) in [4.78, 5) is 2.27. The molecule has 0 heterocycles. The highest BCUT2D eigenvalue weighted by molar-refractivity contribution is 5.97. The molecule has 3 N–H and O–H groups in total. The molecule has 1 aromatic rings. The highest BCUT2D eigenvalue weighted by Crippen LogP contribution is 2.23. The molecule has 0 bridgehead atoms. The molecule has 0 amide bonds. The van der Waals surface area contributed by atoms with Gasteiger partial charge in [0, 0.05) is 24.3 Å². The number of hydrogen-bond donors (Lipinski definition) is 2. The first-order valence-electron chi connectivity index (χ1n) is 6.32. The summed E-state index contributed by atoms with van der Waals surface area (Å²) >= 11 is 0. The Bertz CT molecular complexity index is 429. The second kappa shape index (κ2) is 6.28. The van der Waals surface area contributed by atoms with Gasteiger partial charge in [-0.2, -0.15) is 0 Å². The Hall–Kier alpha value is -1.71. The fourth-order valence-corrected chi connectivity index (χ4v) is 2.12. The van der Waals surface area contributed by atoms with E-state index in [0.29, 0.717) is 6.04 Å². The van der Waals surface area contributed by atoms with Crippen LogP contribution in [0.3, 0.4) is 0 Å². The topological polar surface area (TPSA) is 61.8 Å². The maximum absolute atomic E-state index is 8.67. The van der Waals surface area contributed by atoms with E-state index in [1.165, 1.54) is 12.1 Å². The van der Waals surface area contributed by atoms with E-state index in [-0.39, 0.29) is 5.84 Å². The molecule has 4 nitrogen and oxygen atoms in total. The minimum absolute atomic E-state index is 0.147. The van der Waals surface area contributed by atoms with Gasteiger partial charge in [0.15, 0.2) is 5.84 Å². The average molecular weight is 249 g/mol. The first kappa shape index (κ1) is 14.4. The van der Waals surface area contributed by atoms with Gasteiger partial charge < -0.3 is 15.8 Å². The standard InChI is InChI=1S/C14H23N3O/c1-5-6-11(3)17(4)13-8-7-12(9-10(13)2)14(15)16-18/h7-9,11,18H,5-6H2,1-4H3,(H2,15,16). The Kier molecular flexibility index (Phi) is 5.01. The lowest BCUT2D eigenvalue weighted by Gasteiger charge is -2.28. The maximum atomic E-state index is 8.67. The zero-order valence-corrected chi connectivity index (χ0v) is 11.6. The van der Waals surface area contributed by atoms with Crippen LogP contribution in [0.5, 0.6) is 0 Å². The summed E-state index contributed by atoms with van der Waals surface area (Å²) in [6, 6.07) is 6.35. The molecule has 0 radical (unpaired) electrons. The molecule has 1 atom stereocenters. The predicted octanol–water partition coefficient (Wildman–Crippen LogP) is 2.71. The highest BCUT2D eigenvalue weighted by atomic mass is 16.4. The second-order valence-electron chi connectivity index (χ2n) is 4.74. The molecule has 0 aromatic heterocycles. The van der Waals surface area contributed by atoms with Crippen molar-refractivity contribution in [2.75, 3.05) is 11.9 Å². The minimum atomic E-state index is 0.147. The van der Waals surface area contributed by atoms with E-state index in [9.17, 15) is 0 Å². The van der Waals surface area contributed by atoms with E-state index in [0.717, 1.165) is 17.5 Å². The Labute approximate surface area is 109 Å². The number of anilines is 1. The Balaban J connectivity index is 2.98. The average Bonchev–Trinajstić information content (AvgIpc) is 2.37. The molecule has 0 fully saturated rings. The summed E-state index contributed by atoms with van der Waals surface area (Å²) in [7, 11) is 2.10.